The first-order valence-electron chi connectivity index (χ1n) is 5.87. The second-order valence-electron chi connectivity index (χ2n) is 4.27. The first-order valence-corrected chi connectivity index (χ1v) is 5.87. The number of hydrogen-bond acceptors (Lipinski definition) is 4. The van der Waals surface area contributed by atoms with Crippen LogP contribution in [0.5, 0.6) is 0 Å². The van der Waals surface area contributed by atoms with Gasteiger partial charge in [0.05, 0.1) is 5.56 Å². The summed E-state index contributed by atoms with van der Waals surface area (Å²) in [7, 11) is 0. The predicted molar refractivity (Wildman–Crippen MR) is 62.8 cm³/mol. The summed E-state index contributed by atoms with van der Waals surface area (Å²) >= 11 is 0. The van der Waals surface area contributed by atoms with Crippen LogP contribution in [0.1, 0.15) is 34.7 Å². The van der Waals surface area contributed by atoms with Crippen molar-refractivity contribution in [1.82, 2.24) is 10.9 Å². The number of amides is 2. The Morgan fingerprint density at radius 2 is 2.11 bits per heavy atom. The molecule has 18 heavy (non-hydrogen) atoms. The maximum Gasteiger partial charge on any atom is 0.273 e. The largest absolute Gasteiger partial charge is 0.466 e. The highest BCUT2D eigenvalue weighted by molar-refractivity contribution is 5.96. The highest BCUT2D eigenvalue weighted by Gasteiger charge is 2.24. The Balaban J connectivity index is 1.88. The Labute approximate surface area is 105 Å². The number of carbonyl (C=O) groups excluding carboxylic acids is 2. The van der Waals surface area contributed by atoms with Crippen molar-refractivity contribution >= 4 is 11.8 Å². The van der Waals surface area contributed by atoms with E-state index in [1.54, 1.807) is 19.9 Å². The Kier molecular flexibility index (Phi) is 3.66. The summed E-state index contributed by atoms with van der Waals surface area (Å²) in [5.41, 5.74) is 5.12. The van der Waals surface area contributed by atoms with Crippen LogP contribution in [0.3, 0.4) is 0 Å². The minimum Gasteiger partial charge on any atom is -0.466 e. The van der Waals surface area contributed by atoms with E-state index in [4.69, 9.17) is 9.15 Å². The second-order valence-corrected chi connectivity index (χ2v) is 4.27. The summed E-state index contributed by atoms with van der Waals surface area (Å²) in [6.45, 7) is 4.05. The molecule has 1 aliphatic rings. The highest BCUT2D eigenvalue weighted by atomic mass is 16.5. The van der Waals surface area contributed by atoms with Crippen LogP contribution in [0.2, 0.25) is 0 Å². The first-order chi connectivity index (χ1) is 8.58. The number of aryl methyl sites for hydroxylation is 2. The van der Waals surface area contributed by atoms with Gasteiger partial charge in [0.2, 0.25) is 0 Å². The monoisotopic (exact) mass is 252 g/mol. The van der Waals surface area contributed by atoms with Crippen molar-refractivity contribution < 1.29 is 18.7 Å². The van der Waals surface area contributed by atoms with E-state index < -0.39 is 12.0 Å². The Hall–Kier alpha value is -1.82. The molecular formula is C12H16N2O4. The van der Waals surface area contributed by atoms with E-state index in [2.05, 4.69) is 10.9 Å². The van der Waals surface area contributed by atoms with Gasteiger partial charge in [-0.05, 0) is 32.8 Å². The molecule has 1 aromatic heterocycles. The summed E-state index contributed by atoms with van der Waals surface area (Å²) in [6.07, 6.45) is 1.09. The Morgan fingerprint density at radius 1 is 1.33 bits per heavy atom. The molecule has 0 saturated carbocycles. The van der Waals surface area contributed by atoms with Crippen LogP contribution in [-0.2, 0) is 9.53 Å². The fourth-order valence-electron chi connectivity index (χ4n) is 1.91. The first kappa shape index (κ1) is 12.6. The van der Waals surface area contributed by atoms with Crippen molar-refractivity contribution in [3.8, 4) is 0 Å². The topological polar surface area (TPSA) is 80.6 Å². The van der Waals surface area contributed by atoms with Crippen molar-refractivity contribution in [2.45, 2.75) is 32.8 Å². The molecule has 98 valence electrons. The van der Waals surface area contributed by atoms with Gasteiger partial charge in [-0.1, -0.05) is 0 Å². The summed E-state index contributed by atoms with van der Waals surface area (Å²) in [4.78, 5) is 23.4. The predicted octanol–water partition coefficient (Wildman–Crippen LogP) is 0.836. The van der Waals surface area contributed by atoms with Crippen LogP contribution in [-0.4, -0.2) is 24.5 Å². The number of hydrazine groups is 1. The van der Waals surface area contributed by atoms with Gasteiger partial charge in [0.1, 0.15) is 17.6 Å². The molecule has 1 saturated heterocycles. The SMILES string of the molecule is Cc1cc(C(=O)NNC(=O)[C@@H]2CCCO2)c(C)o1. The number of rotatable bonds is 2. The van der Waals surface area contributed by atoms with Gasteiger partial charge in [0.15, 0.2) is 0 Å². The average molecular weight is 252 g/mol. The molecule has 0 spiro atoms. The van der Waals surface area contributed by atoms with Crippen LogP contribution in [0.15, 0.2) is 10.5 Å². The standard InChI is InChI=1S/C12H16N2O4/c1-7-6-9(8(2)18-7)11(15)13-14-12(16)10-4-3-5-17-10/h6,10H,3-5H2,1-2H3,(H,13,15)(H,14,16)/t10-/m0/s1. The van der Waals surface area contributed by atoms with Crippen LogP contribution < -0.4 is 10.9 Å². The average Bonchev–Trinajstić information content (AvgIpc) is 2.95. The molecule has 2 rings (SSSR count). The van der Waals surface area contributed by atoms with Crippen LogP contribution in [0.4, 0.5) is 0 Å². The van der Waals surface area contributed by atoms with Gasteiger partial charge in [-0.2, -0.15) is 0 Å². The van der Waals surface area contributed by atoms with Gasteiger partial charge >= 0.3 is 0 Å². The Morgan fingerprint density at radius 3 is 2.67 bits per heavy atom. The fraction of sp³-hybridized carbons (Fsp3) is 0.500. The van der Waals surface area contributed by atoms with Gasteiger partial charge in [-0.15, -0.1) is 0 Å². The van der Waals surface area contributed by atoms with Gasteiger partial charge < -0.3 is 9.15 Å². The lowest BCUT2D eigenvalue weighted by atomic mass is 10.2. The molecule has 6 heteroatoms. The minimum absolute atomic E-state index is 0.321. The molecule has 0 bridgehead atoms. The highest BCUT2D eigenvalue weighted by Crippen LogP contribution is 2.13. The quantitative estimate of drug-likeness (QED) is 0.764. The molecule has 1 atom stereocenters. The maximum atomic E-state index is 11.8. The normalized spacial score (nSPS) is 18.7. The zero-order chi connectivity index (χ0) is 13.1. The van der Waals surface area contributed by atoms with Gasteiger partial charge in [0.25, 0.3) is 11.8 Å². The Bertz CT molecular complexity index is 461. The molecule has 0 aliphatic carbocycles. The lowest BCUT2D eigenvalue weighted by molar-refractivity contribution is -0.130. The third kappa shape index (κ3) is 2.70. The van der Waals surface area contributed by atoms with Crippen molar-refractivity contribution in [3.63, 3.8) is 0 Å². The van der Waals surface area contributed by atoms with E-state index in [0.29, 0.717) is 30.1 Å². The third-order valence-corrected chi connectivity index (χ3v) is 2.81. The summed E-state index contributed by atoms with van der Waals surface area (Å²) in [6, 6.07) is 1.63. The van der Waals surface area contributed by atoms with E-state index in [1.165, 1.54) is 0 Å². The number of carbonyl (C=O) groups is 2. The van der Waals surface area contributed by atoms with Crippen LogP contribution in [0.25, 0.3) is 0 Å². The number of furan rings is 1. The van der Waals surface area contributed by atoms with Crippen molar-refractivity contribution in [3.05, 3.63) is 23.2 Å². The molecule has 0 radical (unpaired) electrons. The second kappa shape index (κ2) is 5.22. The summed E-state index contributed by atoms with van der Waals surface area (Å²) in [5.74, 6) is 0.467. The molecule has 2 N–H and O–H groups in total. The fourth-order valence-corrected chi connectivity index (χ4v) is 1.91. The molecule has 2 heterocycles. The molecule has 1 aliphatic heterocycles. The number of hydrogen-bond donors (Lipinski definition) is 2. The number of nitrogens with one attached hydrogen (secondary N) is 2. The van der Waals surface area contributed by atoms with E-state index in [9.17, 15) is 9.59 Å². The summed E-state index contributed by atoms with van der Waals surface area (Å²) in [5, 5.41) is 0. The molecule has 2 amide bonds. The van der Waals surface area contributed by atoms with Gasteiger partial charge in [0, 0.05) is 6.61 Å². The smallest absolute Gasteiger partial charge is 0.273 e. The van der Waals surface area contributed by atoms with E-state index in [0.717, 1.165) is 6.42 Å². The molecule has 1 aromatic rings. The van der Waals surface area contributed by atoms with Gasteiger partial charge in [-0.25, -0.2) is 0 Å². The minimum atomic E-state index is -0.461. The molecule has 0 aromatic carbocycles. The van der Waals surface area contributed by atoms with E-state index in [-0.39, 0.29) is 5.91 Å². The lowest BCUT2D eigenvalue weighted by Crippen LogP contribution is -2.46. The molecule has 0 unspecified atom stereocenters. The number of ether oxygens (including phenoxy) is 1. The van der Waals surface area contributed by atoms with Crippen molar-refractivity contribution in [2.24, 2.45) is 0 Å². The van der Waals surface area contributed by atoms with E-state index in [1.807, 2.05) is 0 Å². The van der Waals surface area contributed by atoms with E-state index >= 15 is 0 Å². The molecule has 1 fully saturated rings. The molecule has 6 nitrogen and oxygen atoms in total. The van der Waals surface area contributed by atoms with Gasteiger partial charge in [-0.3, -0.25) is 20.4 Å². The zero-order valence-corrected chi connectivity index (χ0v) is 10.4. The van der Waals surface area contributed by atoms with Crippen molar-refractivity contribution in [1.29, 1.82) is 0 Å². The maximum absolute atomic E-state index is 11.8. The van der Waals surface area contributed by atoms with Crippen LogP contribution in [0, 0.1) is 13.8 Å². The lowest BCUT2D eigenvalue weighted by Gasteiger charge is -2.10. The summed E-state index contributed by atoms with van der Waals surface area (Å²) < 4.78 is 10.4. The van der Waals surface area contributed by atoms with Crippen LogP contribution >= 0.6 is 0 Å². The van der Waals surface area contributed by atoms with Crippen molar-refractivity contribution in [2.75, 3.05) is 6.61 Å². The third-order valence-electron chi connectivity index (χ3n) is 2.81. The zero-order valence-electron chi connectivity index (χ0n) is 10.4. The molecular weight excluding hydrogens is 236 g/mol.